The first-order valence-electron chi connectivity index (χ1n) is 24.1. The van der Waals surface area contributed by atoms with Crippen LogP contribution in [-0.2, 0) is 0 Å². The predicted molar refractivity (Wildman–Crippen MR) is 298 cm³/mol. The Labute approximate surface area is 415 Å². The highest BCUT2D eigenvalue weighted by Gasteiger charge is 2.41. The van der Waals surface area contributed by atoms with Crippen molar-refractivity contribution >= 4 is 99.9 Å². The van der Waals surface area contributed by atoms with Crippen LogP contribution >= 0.6 is 0 Å². The molecule has 0 N–H and O–H groups in total. The zero-order valence-electron chi connectivity index (χ0n) is 38.8. The van der Waals surface area contributed by atoms with Crippen LogP contribution in [0.1, 0.15) is 0 Å². The van der Waals surface area contributed by atoms with Gasteiger partial charge < -0.3 is 4.57 Å². The van der Waals surface area contributed by atoms with Gasteiger partial charge in [-0.15, -0.1) is 0 Å². The lowest BCUT2D eigenvalue weighted by Gasteiger charge is -2.34. The Morgan fingerprint density at radius 1 is 0.319 bits per heavy atom. The molecule has 0 saturated carbocycles. The second kappa shape index (κ2) is 16.5. The number of hydrogen-bond donors (Lipinski definition) is 0. The van der Waals surface area contributed by atoms with Crippen LogP contribution in [0.4, 0.5) is 5.69 Å². The van der Waals surface area contributed by atoms with Gasteiger partial charge in [0, 0.05) is 38.2 Å². The summed E-state index contributed by atoms with van der Waals surface area (Å²) in [6.07, 6.45) is 0. The molecule has 0 spiro atoms. The predicted octanol–water partition coefficient (Wildman–Crippen LogP) is 12.8. The SMILES string of the molecule is [C-]#[N+]c1ccc2c(c1)c1ccccc1n2-c1nc(-c2ccc([Si](c3ccccc3)(c3ccccc3)c3ccccc3)cc2)nc(-n2c3ccccc3c3cc(-n4c5ccccc5c5ccccc54)ccc32)n1. The number of benzene rings is 10. The van der Waals surface area contributed by atoms with E-state index in [2.05, 4.69) is 237 Å². The number of para-hydroxylation sites is 4. The van der Waals surface area contributed by atoms with Crippen LogP contribution in [0.2, 0.25) is 0 Å². The molecule has 0 atom stereocenters. The lowest BCUT2D eigenvalue weighted by molar-refractivity contribution is 0.893. The topological polar surface area (TPSA) is 57.8 Å². The van der Waals surface area contributed by atoms with E-state index in [0.717, 1.165) is 65.9 Å². The van der Waals surface area contributed by atoms with E-state index in [-0.39, 0.29) is 0 Å². The molecule has 0 unspecified atom stereocenters. The minimum Gasteiger partial charge on any atom is -0.309 e. The van der Waals surface area contributed by atoms with Gasteiger partial charge in [-0.1, -0.05) is 194 Å². The van der Waals surface area contributed by atoms with E-state index in [0.29, 0.717) is 23.4 Å². The molecule has 14 aromatic rings. The van der Waals surface area contributed by atoms with Gasteiger partial charge >= 0.3 is 0 Å². The van der Waals surface area contributed by atoms with E-state index in [9.17, 15) is 0 Å². The number of fused-ring (bicyclic) bond motifs is 9. The van der Waals surface area contributed by atoms with E-state index >= 15 is 0 Å². The number of nitrogens with zero attached hydrogens (tertiary/aromatic N) is 7. The molecular weight excluding hydrogens is 895 g/mol. The molecule has 336 valence electrons. The second-order valence-corrected chi connectivity index (χ2v) is 22.1. The van der Waals surface area contributed by atoms with Crippen LogP contribution in [0.5, 0.6) is 0 Å². The molecule has 0 aliphatic carbocycles. The van der Waals surface area contributed by atoms with Gasteiger partial charge in [-0.25, -0.2) is 4.85 Å². The monoisotopic (exact) mass is 935 g/mol. The average molecular weight is 936 g/mol. The molecule has 10 aromatic carbocycles. The zero-order chi connectivity index (χ0) is 47.8. The van der Waals surface area contributed by atoms with Crippen LogP contribution in [0.25, 0.3) is 99.2 Å². The van der Waals surface area contributed by atoms with Gasteiger partial charge in [-0.05, 0) is 80.7 Å². The van der Waals surface area contributed by atoms with Gasteiger partial charge in [0.2, 0.25) is 11.9 Å². The van der Waals surface area contributed by atoms with Crippen molar-refractivity contribution in [1.29, 1.82) is 0 Å². The lowest BCUT2D eigenvalue weighted by Crippen LogP contribution is -2.74. The highest BCUT2D eigenvalue weighted by atomic mass is 28.3. The maximum absolute atomic E-state index is 7.87. The van der Waals surface area contributed by atoms with Crippen molar-refractivity contribution in [3.05, 3.63) is 260 Å². The van der Waals surface area contributed by atoms with Gasteiger partial charge in [0.1, 0.15) is 0 Å². The molecule has 0 aliphatic rings. The van der Waals surface area contributed by atoms with Crippen LogP contribution in [-0.4, -0.2) is 36.7 Å². The summed E-state index contributed by atoms with van der Waals surface area (Å²) in [5.41, 5.74) is 8.65. The third kappa shape index (κ3) is 6.25. The standard InChI is InChI=1S/C64H41N7Si/c1-65-44-35-39-60-54(41-44)52-27-13-17-31-58(52)70(60)63-66-62(43-33-37-49(38-34-43)72(46-19-5-2-6-20-46,47-21-7-3-8-22-47)48-23-9-4-10-24-48)67-64(68-63)71-59-32-18-14-28-53(59)55-42-45(36-40-61(55)71)69-56-29-15-11-25-50(56)51-26-12-16-30-57(51)69/h2-42H. The smallest absolute Gasteiger partial charge is 0.240 e. The number of hydrogen-bond acceptors (Lipinski definition) is 3. The molecule has 72 heavy (non-hydrogen) atoms. The molecule has 4 aromatic heterocycles. The Morgan fingerprint density at radius 3 is 1.17 bits per heavy atom. The molecule has 4 heterocycles. The Morgan fingerprint density at radius 2 is 0.694 bits per heavy atom. The summed E-state index contributed by atoms with van der Waals surface area (Å²) < 4.78 is 6.67. The third-order valence-electron chi connectivity index (χ3n) is 14.5. The molecule has 0 amide bonds. The van der Waals surface area contributed by atoms with Crippen molar-refractivity contribution in [2.24, 2.45) is 0 Å². The first-order valence-corrected chi connectivity index (χ1v) is 26.1. The van der Waals surface area contributed by atoms with E-state index in [1.165, 1.54) is 31.5 Å². The number of rotatable bonds is 8. The molecule has 8 heteroatoms. The highest BCUT2D eigenvalue weighted by molar-refractivity contribution is 7.19. The Hall–Kier alpha value is -9.68. The summed E-state index contributed by atoms with van der Waals surface area (Å²) in [5.74, 6) is 1.53. The van der Waals surface area contributed by atoms with Gasteiger partial charge in [-0.3, -0.25) is 9.13 Å². The van der Waals surface area contributed by atoms with Gasteiger partial charge in [0.05, 0.1) is 39.7 Å². The molecule has 0 bridgehead atoms. The largest absolute Gasteiger partial charge is 0.309 e. The quantitative estimate of drug-likeness (QED) is 0.0866. The second-order valence-electron chi connectivity index (χ2n) is 18.3. The number of aromatic nitrogens is 6. The van der Waals surface area contributed by atoms with Crippen LogP contribution < -0.4 is 20.7 Å². The van der Waals surface area contributed by atoms with Crippen LogP contribution in [0.3, 0.4) is 0 Å². The van der Waals surface area contributed by atoms with Crippen molar-refractivity contribution in [3.8, 4) is 29.0 Å². The minimum absolute atomic E-state index is 0.482. The molecule has 0 saturated heterocycles. The van der Waals surface area contributed by atoms with E-state index < -0.39 is 8.07 Å². The molecule has 0 fully saturated rings. The maximum atomic E-state index is 7.87. The van der Waals surface area contributed by atoms with E-state index in [1.807, 2.05) is 30.3 Å². The molecule has 0 aliphatic heterocycles. The Bertz CT molecular complexity index is 4300. The van der Waals surface area contributed by atoms with Crippen molar-refractivity contribution < 1.29 is 0 Å². The summed E-state index contributed by atoms with van der Waals surface area (Å²) in [5, 5.41) is 11.8. The summed E-state index contributed by atoms with van der Waals surface area (Å²) >= 11 is 0. The summed E-state index contributed by atoms with van der Waals surface area (Å²) in [6, 6.07) is 88.5. The highest BCUT2D eigenvalue weighted by Crippen LogP contribution is 2.38. The van der Waals surface area contributed by atoms with Gasteiger partial charge in [-0.2, -0.15) is 15.0 Å². The first-order chi connectivity index (χ1) is 35.7. The normalized spacial score (nSPS) is 11.9. The molecular formula is C64H41N7Si. The summed E-state index contributed by atoms with van der Waals surface area (Å²) in [4.78, 5) is 20.1. The van der Waals surface area contributed by atoms with Gasteiger partial charge in [0.15, 0.2) is 19.6 Å². The molecule has 14 rings (SSSR count). The fraction of sp³-hybridized carbons (Fsp3) is 0. The average Bonchev–Trinajstić information content (AvgIpc) is 4.09. The lowest BCUT2D eigenvalue weighted by atomic mass is 10.1. The van der Waals surface area contributed by atoms with E-state index in [1.54, 1.807) is 0 Å². The summed E-state index contributed by atoms with van der Waals surface area (Å²) in [7, 11) is -2.80. The van der Waals surface area contributed by atoms with Crippen molar-refractivity contribution in [2.45, 2.75) is 0 Å². The zero-order valence-corrected chi connectivity index (χ0v) is 39.8. The van der Waals surface area contributed by atoms with Crippen LogP contribution in [0, 0.1) is 6.57 Å². The third-order valence-corrected chi connectivity index (χ3v) is 19.3. The van der Waals surface area contributed by atoms with Crippen LogP contribution in [0.15, 0.2) is 249 Å². The summed E-state index contributed by atoms with van der Waals surface area (Å²) in [6.45, 7) is 7.87. The molecule has 7 nitrogen and oxygen atoms in total. The van der Waals surface area contributed by atoms with Gasteiger partial charge in [0.25, 0.3) is 0 Å². The van der Waals surface area contributed by atoms with Crippen molar-refractivity contribution in [2.75, 3.05) is 0 Å². The Kier molecular flexibility index (Phi) is 9.46. The fourth-order valence-electron chi connectivity index (χ4n) is 11.4. The van der Waals surface area contributed by atoms with E-state index in [4.69, 9.17) is 21.5 Å². The first kappa shape index (κ1) is 41.3. The van der Waals surface area contributed by atoms with Crippen molar-refractivity contribution in [1.82, 2.24) is 28.7 Å². The fourth-order valence-corrected chi connectivity index (χ4v) is 16.1. The maximum Gasteiger partial charge on any atom is 0.240 e. The minimum atomic E-state index is -2.80. The Balaban J connectivity index is 1.01. The van der Waals surface area contributed by atoms with Crippen molar-refractivity contribution in [3.63, 3.8) is 0 Å². The molecule has 0 radical (unpaired) electrons.